The molecule has 2 rings (SSSR count). The van der Waals surface area contributed by atoms with Gasteiger partial charge in [0.1, 0.15) is 0 Å². The van der Waals surface area contributed by atoms with Gasteiger partial charge in [-0.05, 0) is 39.8 Å². The Labute approximate surface area is 87.2 Å². The lowest BCUT2D eigenvalue weighted by atomic mass is 10.1. The molecule has 1 saturated carbocycles. The Balaban J connectivity index is 1.95. The van der Waals surface area contributed by atoms with Crippen LogP contribution in [0.15, 0.2) is 0 Å². The first-order chi connectivity index (χ1) is 6.72. The summed E-state index contributed by atoms with van der Waals surface area (Å²) in [6, 6.07) is 2.19. The number of rotatable bonds is 4. The van der Waals surface area contributed by atoms with E-state index < -0.39 is 0 Å². The Morgan fingerprint density at radius 3 is 2.50 bits per heavy atom. The molecule has 2 aliphatic rings. The minimum absolute atomic E-state index is 0.569. The van der Waals surface area contributed by atoms with Crippen molar-refractivity contribution in [1.82, 2.24) is 9.80 Å². The maximum absolute atomic E-state index is 5.79. The molecule has 2 N–H and O–H groups in total. The van der Waals surface area contributed by atoms with Gasteiger partial charge in [0.25, 0.3) is 0 Å². The van der Waals surface area contributed by atoms with E-state index in [0.29, 0.717) is 6.04 Å². The van der Waals surface area contributed by atoms with E-state index in [-0.39, 0.29) is 0 Å². The summed E-state index contributed by atoms with van der Waals surface area (Å²) in [7, 11) is 2.22. The summed E-state index contributed by atoms with van der Waals surface area (Å²) in [6.45, 7) is 5.57. The van der Waals surface area contributed by atoms with Gasteiger partial charge >= 0.3 is 0 Å². The number of nitrogens with zero attached hydrogens (tertiary/aromatic N) is 2. The van der Waals surface area contributed by atoms with E-state index in [2.05, 4.69) is 23.8 Å². The number of hydrogen-bond donors (Lipinski definition) is 1. The fraction of sp³-hybridized carbons (Fsp3) is 1.00. The summed E-state index contributed by atoms with van der Waals surface area (Å²) in [4.78, 5) is 5.12. The molecule has 0 aromatic carbocycles. The van der Waals surface area contributed by atoms with Crippen molar-refractivity contribution in [3.05, 3.63) is 0 Å². The average molecular weight is 197 g/mol. The molecule has 3 heteroatoms. The second-order valence-corrected chi connectivity index (χ2v) is 4.97. The molecule has 1 aliphatic carbocycles. The molecule has 1 saturated heterocycles. The van der Waals surface area contributed by atoms with E-state index in [1.54, 1.807) is 0 Å². The van der Waals surface area contributed by atoms with Crippen LogP contribution in [0.2, 0.25) is 0 Å². The van der Waals surface area contributed by atoms with Crippen molar-refractivity contribution in [3.63, 3.8) is 0 Å². The SMILES string of the molecule is CC(CN)N(C1CC1)C1CCN(C)C1. The minimum atomic E-state index is 0.569. The summed E-state index contributed by atoms with van der Waals surface area (Å²) in [5.74, 6) is 0. The molecule has 2 unspecified atom stereocenters. The van der Waals surface area contributed by atoms with Crippen molar-refractivity contribution in [2.45, 2.75) is 44.3 Å². The maximum atomic E-state index is 5.79. The van der Waals surface area contributed by atoms with Crippen LogP contribution in [0.5, 0.6) is 0 Å². The topological polar surface area (TPSA) is 32.5 Å². The molecule has 14 heavy (non-hydrogen) atoms. The normalized spacial score (nSPS) is 31.3. The number of nitrogens with two attached hydrogens (primary N) is 1. The van der Waals surface area contributed by atoms with Crippen LogP contribution in [0.3, 0.4) is 0 Å². The zero-order chi connectivity index (χ0) is 10.1. The largest absolute Gasteiger partial charge is 0.329 e. The monoisotopic (exact) mass is 197 g/mol. The number of likely N-dealkylation sites (N-methyl/N-ethyl adjacent to an activating group) is 1. The fourth-order valence-corrected chi connectivity index (χ4v) is 2.67. The molecule has 1 aliphatic heterocycles. The van der Waals surface area contributed by atoms with Crippen LogP contribution >= 0.6 is 0 Å². The zero-order valence-corrected chi connectivity index (χ0v) is 9.45. The third kappa shape index (κ3) is 2.10. The molecule has 2 atom stereocenters. The highest BCUT2D eigenvalue weighted by Crippen LogP contribution is 2.32. The van der Waals surface area contributed by atoms with Crippen LogP contribution in [0.4, 0.5) is 0 Å². The summed E-state index contributed by atoms with van der Waals surface area (Å²) < 4.78 is 0. The lowest BCUT2D eigenvalue weighted by molar-refractivity contribution is 0.140. The second-order valence-electron chi connectivity index (χ2n) is 4.97. The van der Waals surface area contributed by atoms with E-state index in [4.69, 9.17) is 5.73 Å². The van der Waals surface area contributed by atoms with E-state index in [0.717, 1.165) is 18.6 Å². The molecule has 0 spiro atoms. The first-order valence-electron chi connectivity index (χ1n) is 5.88. The Hall–Kier alpha value is -0.120. The third-order valence-electron chi connectivity index (χ3n) is 3.61. The Morgan fingerprint density at radius 2 is 2.07 bits per heavy atom. The van der Waals surface area contributed by atoms with Gasteiger partial charge in [0, 0.05) is 31.2 Å². The Bertz CT molecular complexity index is 191. The maximum Gasteiger partial charge on any atom is 0.0241 e. The predicted molar refractivity (Wildman–Crippen MR) is 59.3 cm³/mol. The fourth-order valence-electron chi connectivity index (χ4n) is 2.67. The van der Waals surface area contributed by atoms with Crippen molar-refractivity contribution in [1.29, 1.82) is 0 Å². The lowest BCUT2D eigenvalue weighted by Crippen LogP contribution is -2.47. The number of likely N-dealkylation sites (tertiary alicyclic amines) is 1. The molecule has 1 heterocycles. The molecule has 0 radical (unpaired) electrons. The summed E-state index contributed by atoms with van der Waals surface area (Å²) in [6.07, 6.45) is 4.12. The summed E-state index contributed by atoms with van der Waals surface area (Å²) in [5, 5.41) is 0. The van der Waals surface area contributed by atoms with Crippen LogP contribution in [0.25, 0.3) is 0 Å². The first-order valence-corrected chi connectivity index (χ1v) is 5.88. The van der Waals surface area contributed by atoms with Gasteiger partial charge in [0.2, 0.25) is 0 Å². The number of hydrogen-bond acceptors (Lipinski definition) is 3. The van der Waals surface area contributed by atoms with E-state index in [1.807, 2.05) is 0 Å². The van der Waals surface area contributed by atoms with E-state index in [1.165, 1.54) is 32.4 Å². The summed E-state index contributed by atoms with van der Waals surface area (Å²) >= 11 is 0. The van der Waals surface area contributed by atoms with Gasteiger partial charge in [-0.3, -0.25) is 4.90 Å². The average Bonchev–Trinajstić information content (AvgIpc) is 2.90. The molecule has 3 nitrogen and oxygen atoms in total. The van der Waals surface area contributed by atoms with Gasteiger partial charge in [-0.15, -0.1) is 0 Å². The van der Waals surface area contributed by atoms with Crippen molar-refractivity contribution in [2.75, 3.05) is 26.7 Å². The van der Waals surface area contributed by atoms with Crippen LogP contribution in [0, 0.1) is 0 Å². The molecule has 0 bridgehead atoms. The van der Waals surface area contributed by atoms with Crippen LogP contribution < -0.4 is 5.73 Å². The molecular weight excluding hydrogens is 174 g/mol. The third-order valence-corrected chi connectivity index (χ3v) is 3.61. The smallest absolute Gasteiger partial charge is 0.0241 e. The van der Waals surface area contributed by atoms with E-state index >= 15 is 0 Å². The standard InChI is InChI=1S/C11H23N3/c1-9(7-12)14(10-3-4-10)11-5-6-13(2)8-11/h9-11H,3-8,12H2,1-2H3. The molecule has 0 amide bonds. The van der Waals surface area contributed by atoms with Gasteiger partial charge in [-0.2, -0.15) is 0 Å². The van der Waals surface area contributed by atoms with Gasteiger partial charge < -0.3 is 10.6 Å². The highest BCUT2D eigenvalue weighted by Gasteiger charge is 2.38. The van der Waals surface area contributed by atoms with Gasteiger partial charge in [0.05, 0.1) is 0 Å². The van der Waals surface area contributed by atoms with Crippen molar-refractivity contribution >= 4 is 0 Å². The van der Waals surface area contributed by atoms with Gasteiger partial charge in [-0.25, -0.2) is 0 Å². The lowest BCUT2D eigenvalue weighted by Gasteiger charge is -2.34. The Morgan fingerprint density at radius 1 is 1.36 bits per heavy atom. The minimum Gasteiger partial charge on any atom is -0.329 e. The highest BCUT2D eigenvalue weighted by molar-refractivity contribution is 4.94. The van der Waals surface area contributed by atoms with Gasteiger partial charge in [-0.1, -0.05) is 0 Å². The van der Waals surface area contributed by atoms with Crippen molar-refractivity contribution in [2.24, 2.45) is 5.73 Å². The van der Waals surface area contributed by atoms with Crippen LogP contribution in [-0.2, 0) is 0 Å². The Kier molecular flexibility index (Phi) is 3.10. The van der Waals surface area contributed by atoms with Crippen LogP contribution in [0.1, 0.15) is 26.2 Å². The molecule has 82 valence electrons. The second kappa shape index (κ2) is 4.17. The molecule has 2 fully saturated rings. The highest BCUT2D eigenvalue weighted by atomic mass is 15.3. The molecular formula is C11H23N3. The van der Waals surface area contributed by atoms with Crippen molar-refractivity contribution in [3.8, 4) is 0 Å². The van der Waals surface area contributed by atoms with Gasteiger partial charge in [0.15, 0.2) is 0 Å². The quantitative estimate of drug-likeness (QED) is 0.712. The summed E-state index contributed by atoms with van der Waals surface area (Å²) in [5.41, 5.74) is 5.79. The first kappa shape index (κ1) is 10.4. The molecule has 0 aromatic rings. The van der Waals surface area contributed by atoms with Crippen LogP contribution in [-0.4, -0.2) is 54.6 Å². The van der Waals surface area contributed by atoms with Crippen molar-refractivity contribution < 1.29 is 0 Å². The molecule has 0 aromatic heterocycles. The zero-order valence-electron chi connectivity index (χ0n) is 9.45. The predicted octanol–water partition coefficient (Wildman–Crippen LogP) is 0.502. The van der Waals surface area contributed by atoms with E-state index in [9.17, 15) is 0 Å².